The van der Waals surface area contributed by atoms with E-state index in [0.29, 0.717) is 13.0 Å². The van der Waals surface area contributed by atoms with Crippen molar-refractivity contribution in [2.45, 2.75) is 31.6 Å². The first kappa shape index (κ1) is 14.2. The van der Waals surface area contributed by atoms with Crippen molar-refractivity contribution in [1.82, 2.24) is 10.0 Å². The summed E-state index contributed by atoms with van der Waals surface area (Å²) >= 11 is 0. The largest absolute Gasteiger partial charge is 0.469 e. The molecule has 0 spiro atoms. The van der Waals surface area contributed by atoms with Crippen LogP contribution in [0.3, 0.4) is 0 Å². The molecule has 1 aromatic rings. The van der Waals surface area contributed by atoms with Gasteiger partial charge in [-0.3, -0.25) is 0 Å². The molecular weight excluding hydrogens is 240 g/mol. The van der Waals surface area contributed by atoms with E-state index in [1.165, 1.54) is 0 Å². The van der Waals surface area contributed by atoms with E-state index in [2.05, 4.69) is 10.0 Å². The van der Waals surface area contributed by atoms with Gasteiger partial charge < -0.3 is 9.73 Å². The highest BCUT2D eigenvalue weighted by atomic mass is 32.2. The molecule has 2 N–H and O–H groups in total. The van der Waals surface area contributed by atoms with Gasteiger partial charge in [-0.2, -0.15) is 0 Å². The third-order valence-electron chi connectivity index (χ3n) is 2.47. The number of sulfonamides is 1. The van der Waals surface area contributed by atoms with Crippen LogP contribution in [0.15, 0.2) is 22.8 Å². The SMILES string of the molecule is CNCC(C)S(=O)(=O)NC(C)Cc1ccco1. The van der Waals surface area contributed by atoms with E-state index in [4.69, 9.17) is 4.42 Å². The lowest BCUT2D eigenvalue weighted by molar-refractivity contribution is 0.477. The Hall–Kier alpha value is -0.850. The molecule has 1 heterocycles. The van der Waals surface area contributed by atoms with Gasteiger partial charge in [0, 0.05) is 19.0 Å². The Morgan fingerprint density at radius 3 is 2.65 bits per heavy atom. The Labute approximate surface area is 103 Å². The molecule has 0 aromatic carbocycles. The van der Waals surface area contributed by atoms with Gasteiger partial charge in [-0.25, -0.2) is 13.1 Å². The zero-order valence-corrected chi connectivity index (χ0v) is 11.3. The fourth-order valence-electron chi connectivity index (χ4n) is 1.57. The van der Waals surface area contributed by atoms with E-state index in [1.807, 2.05) is 13.0 Å². The molecule has 0 saturated heterocycles. The van der Waals surface area contributed by atoms with E-state index >= 15 is 0 Å². The summed E-state index contributed by atoms with van der Waals surface area (Å²) in [5, 5.41) is 2.40. The first-order valence-electron chi connectivity index (χ1n) is 5.64. The van der Waals surface area contributed by atoms with Crippen molar-refractivity contribution >= 4 is 10.0 Å². The van der Waals surface area contributed by atoms with Crippen molar-refractivity contribution in [2.24, 2.45) is 0 Å². The average molecular weight is 260 g/mol. The zero-order chi connectivity index (χ0) is 12.9. The second kappa shape index (κ2) is 6.18. The lowest BCUT2D eigenvalue weighted by Gasteiger charge is -2.17. The fourth-order valence-corrected chi connectivity index (χ4v) is 2.83. The lowest BCUT2D eigenvalue weighted by Crippen LogP contribution is -2.42. The molecule has 2 atom stereocenters. The number of nitrogens with one attached hydrogen (secondary N) is 2. The quantitative estimate of drug-likeness (QED) is 0.758. The van der Waals surface area contributed by atoms with Crippen LogP contribution in [0.4, 0.5) is 0 Å². The maximum atomic E-state index is 11.9. The first-order valence-corrected chi connectivity index (χ1v) is 7.18. The highest BCUT2D eigenvalue weighted by molar-refractivity contribution is 7.90. The maximum Gasteiger partial charge on any atom is 0.215 e. The van der Waals surface area contributed by atoms with Crippen LogP contribution in [-0.4, -0.2) is 33.3 Å². The summed E-state index contributed by atoms with van der Waals surface area (Å²) in [5.41, 5.74) is 0. The van der Waals surface area contributed by atoms with Gasteiger partial charge in [0.15, 0.2) is 0 Å². The Bertz CT molecular complexity index is 414. The average Bonchev–Trinajstić information content (AvgIpc) is 2.69. The molecule has 0 aliphatic heterocycles. The van der Waals surface area contributed by atoms with Crippen LogP contribution in [0, 0.1) is 0 Å². The topological polar surface area (TPSA) is 71.3 Å². The Balaban J connectivity index is 2.52. The van der Waals surface area contributed by atoms with Gasteiger partial charge in [-0.15, -0.1) is 0 Å². The lowest BCUT2D eigenvalue weighted by atomic mass is 10.2. The summed E-state index contributed by atoms with van der Waals surface area (Å²) in [6.07, 6.45) is 2.14. The van der Waals surface area contributed by atoms with Gasteiger partial charge in [0.05, 0.1) is 11.5 Å². The first-order chi connectivity index (χ1) is 7.95. The van der Waals surface area contributed by atoms with Crippen molar-refractivity contribution < 1.29 is 12.8 Å². The Morgan fingerprint density at radius 2 is 2.12 bits per heavy atom. The second-order valence-corrected chi connectivity index (χ2v) is 6.35. The summed E-state index contributed by atoms with van der Waals surface area (Å²) in [5.74, 6) is 0.779. The van der Waals surface area contributed by atoms with Crippen LogP contribution < -0.4 is 10.0 Å². The van der Waals surface area contributed by atoms with Crippen molar-refractivity contribution in [2.75, 3.05) is 13.6 Å². The summed E-state index contributed by atoms with van der Waals surface area (Å²) in [7, 11) is -1.54. The molecule has 98 valence electrons. The predicted octanol–water partition coefficient (Wildman–Crippen LogP) is 0.738. The molecule has 1 aromatic heterocycles. The van der Waals surface area contributed by atoms with Crippen LogP contribution in [0.2, 0.25) is 0 Å². The smallest absolute Gasteiger partial charge is 0.215 e. The van der Waals surface area contributed by atoms with Crippen LogP contribution in [0.1, 0.15) is 19.6 Å². The molecule has 0 aliphatic carbocycles. The summed E-state index contributed by atoms with van der Waals surface area (Å²) in [4.78, 5) is 0. The molecule has 0 saturated carbocycles. The fraction of sp³-hybridized carbons (Fsp3) is 0.636. The molecule has 0 fully saturated rings. The zero-order valence-electron chi connectivity index (χ0n) is 10.4. The standard InChI is InChI=1S/C11H20N2O3S/c1-9(7-11-5-4-6-16-11)13-17(14,15)10(2)8-12-3/h4-6,9-10,12-13H,7-8H2,1-3H3. The highest BCUT2D eigenvalue weighted by Crippen LogP contribution is 2.06. The Kier molecular flexibility index (Phi) is 5.17. The molecule has 0 aliphatic rings. The number of hydrogen-bond acceptors (Lipinski definition) is 4. The summed E-state index contributed by atoms with van der Waals surface area (Å²) in [6.45, 7) is 3.94. The summed E-state index contributed by atoms with van der Waals surface area (Å²) < 4.78 is 31.6. The minimum atomic E-state index is -3.28. The minimum Gasteiger partial charge on any atom is -0.469 e. The molecule has 0 amide bonds. The Morgan fingerprint density at radius 1 is 1.41 bits per heavy atom. The molecular formula is C11H20N2O3S. The molecule has 0 bridgehead atoms. The van der Waals surface area contributed by atoms with Crippen molar-refractivity contribution in [1.29, 1.82) is 0 Å². The van der Waals surface area contributed by atoms with Gasteiger partial charge >= 0.3 is 0 Å². The molecule has 0 radical (unpaired) electrons. The van der Waals surface area contributed by atoms with Gasteiger partial charge in [0.2, 0.25) is 10.0 Å². The highest BCUT2D eigenvalue weighted by Gasteiger charge is 2.22. The molecule has 2 unspecified atom stereocenters. The van der Waals surface area contributed by atoms with Crippen LogP contribution in [0.5, 0.6) is 0 Å². The van der Waals surface area contributed by atoms with Gasteiger partial charge in [-0.05, 0) is 33.0 Å². The maximum absolute atomic E-state index is 11.9. The van der Waals surface area contributed by atoms with Crippen molar-refractivity contribution in [3.63, 3.8) is 0 Å². The number of rotatable bonds is 7. The molecule has 6 heteroatoms. The van der Waals surface area contributed by atoms with Gasteiger partial charge in [0.1, 0.15) is 5.76 Å². The van der Waals surface area contributed by atoms with Crippen molar-refractivity contribution in [3.8, 4) is 0 Å². The third kappa shape index (κ3) is 4.49. The van der Waals surface area contributed by atoms with E-state index < -0.39 is 15.3 Å². The molecule has 5 nitrogen and oxygen atoms in total. The third-order valence-corrected chi connectivity index (χ3v) is 4.43. The van der Waals surface area contributed by atoms with Crippen LogP contribution >= 0.6 is 0 Å². The van der Waals surface area contributed by atoms with E-state index in [1.54, 1.807) is 26.3 Å². The van der Waals surface area contributed by atoms with Crippen LogP contribution in [0.25, 0.3) is 0 Å². The summed E-state index contributed by atoms with van der Waals surface area (Å²) in [6, 6.07) is 3.45. The number of furan rings is 1. The van der Waals surface area contributed by atoms with Crippen LogP contribution in [-0.2, 0) is 16.4 Å². The predicted molar refractivity (Wildman–Crippen MR) is 67.3 cm³/mol. The monoisotopic (exact) mass is 260 g/mol. The van der Waals surface area contributed by atoms with E-state index in [-0.39, 0.29) is 6.04 Å². The van der Waals surface area contributed by atoms with E-state index in [0.717, 1.165) is 5.76 Å². The molecule has 17 heavy (non-hydrogen) atoms. The number of hydrogen-bond donors (Lipinski definition) is 2. The van der Waals surface area contributed by atoms with E-state index in [9.17, 15) is 8.42 Å². The minimum absolute atomic E-state index is 0.176. The molecule has 1 rings (SSSR count). The van der Waals surface area contributed by atoms with Crippen molar-refractivity contribution in [3.05, 3.63) is 24.2 Å². The normalized spacial score (nSPS) is 15.7. The van der Waals surface area contributed by atoms with Gasteiger partial charge in [0.25, 0.3) is 0 Å². The second-order valence-electron chi connectivity index (χ2n) is 4.22. The van der Waals surface area contributed by atoms with Gasteiger partial charge in [-0.1, -0.05) is 0 Å².